The van der Waals surface area contributed by atoms with E-state index in [4.69, 9.17) is 5.26 Å². The first-order valence-corrected chi connectivity index (χ1v) is 6.70. The van der Waals surface area contributed by atoms with Gasteiger partial charge in [0.2, 0.25) is 0 Å². The maximum Gasteiger partial charge on any atom is 0.150 e. The molecule has 5 heteroatoms. The van der Waals surface area contributed by atoms with Gasteiger partial charge in [-0.3, -0.25) is 0 Å². The average Bonchev–Trinajstić information content (AvgIpc) is 2.31. The van der Waals surface area contributed by atoms with Crippen LogP contribution in [0, 0.1) is 23.0 Å². The van der Waals surface area contributed by atoms with E-state index >= 15 is 0 Å². The van der Waals surface area contributed by atoms with Gasteiger partial charge in [0, 0.05) is 6.54 Å². The molecule has 0 amide bonds. The van der Waals surface area contributed by atoms with Crippen molar-refractivity contribution in [3.63, 3.8) is 0 Å². The molecular weight excluding hydrogens is 242 g/mol. The Bertz CT molecular complexity index is 392. The third-order valence-electron chi connectivity index (χ3n) is 2.25. The maximum absolute atomic E-state index is 13.4. The van der Waals surface area contributed by atoms with E-state index in [1.807, 2.05) is 6.26 Å². The zero-order valence-electron chi connectivity index (χ0n) is 9.59. The highest BCUT2D eigenvalue weighted by molar-refractivity contribution is 7.98. The minimum absolute atomic E-state index is 0.00654. The van der Waals surface area contributed by atoms with Crippen molar-refractivity contribution in [2.24, 2.45) is 0 Å². The van der Waals surface area contributed by atoms with Crippen LogP contribution in [0.15, 0.2) is 12.1 Å². The van der Waals surface area contributed by atoms with Crippen molar-refractivity contribution in [2.45, 2.75) is 12.8 Å². The fraction of sp³-hybridized carbons (Fsp3) is 0.417. The second kappa shape index (κ2) is 7.13. The van der Waals surface area contributed by atoms with Gasteiger partial charge in [0.05, 0.1) is 11.6 Å². The molecule has 0 aromatic heterocycles. The van der Waals surface area contributed by atoms with E-state index in [1.165, 1.54) is 0 Å². The quantitative estimate of drug-likeness (QED) is 0.792. The number of nitrogens with zero attached hydrogens (tertiary/aromatic N) is 1. The van der Waals surface area contributed by atoms with Gasteiger partial charge in [0.15, 0.2) is 11.6 Å². The summed E-state index contributed by atoms with van der Waals surface area (Å²) in [6.07, 6.45) is 3.89. The molecule has 0 radical (unpaired) electrons. The highest BCUT2D eigenvalue weighted by atomic mass is 32.2. The fourth-order valence-corrected chi connectivity index (χ4v) is 1.88. The van der Waals surface area contributed by atoms with Crippen molar-refractivity contribution < 1.29 is 8.78 Å². The van der Waals surface area contributed by atoms with Gasteiger partial charge in [-0.25, -0.2) is 8.78 Å². The number of hydrogen-bond acceptors (Lipinski definition) is 3. The number of rotatable bonds is 6. The van der Waals surface area contributed by atoms with Gasteiger partial charge >= 0.3 is 0 Å². The summed E-state index contributed by atoms with van der Waals surface area (Å²) >= 11 is 1.75. The summed E-state index contributed by atoms with van der Waals surface area (Å²) in [4.78, 5) is 0. The Labute approximate surface area is 104 Å². The van der Waals surface area contributed by atoms with Crippen molar-refractivity contribution >= 4 is 17.4 Å². The van der Waals surface area contributed by atoms with Crippen LogP contribution in [0.25, 0.3) is 0 Å². The SMILES string of the molecule is CSCCCCNc1c(F)cc(C#N)cc1F. The van der Waals surface area contributed by atoms with Crippen molar-refractivity contribution in [1.29, 1.82) is 5.26 Å². The van der Waals surface area contributed by atoms with Crippen LogP contribution >= 0.6 is 11.8 Å². The van der Waals surface area contributed by atoms with E-state index in [0.29, 0.717) is 6.54 Å². The first kappa shape index (κ1) is 13.8. The Balaban J connectivity index is 2.57. The molecule has 0 heterocycles. The Kier molecular flexibility index (Phi) is 5.78. The zero-order chi connectivity index (χ0) is 12.7. The van der Waals surface area contributed by atoms with Crippen LogP contribution in [0.3, 0.4) is 0 Å². The molecule has 0 saturated heterocycles. The molecule has 0 spiro atoms. The summed E-state index contributed by atoms with van der Waals surface area (Å²) in [5.41, 5.74) is -0.152. The highest BCUT2D eigenvalue weighted by Crippen LogP contribution is 2.20. The Hall–Kier alpha value is -1.28. The number of benzene rings is 1. The molecule has 92 valence electrons. The fourth-order valence-electron chi connectivity index (χ4n) is 1.39. The molecule has 0 aliphatic carbocycles. The number of unbranched alkanes of at least 4 members (excludes halogenated alkanes) is 1. The predicted octanol–water partition coefficient (Wildman–Crippen LogP) is 3.39. The van der Waals surface area contributed by atoms with Crippen molar-refractivity contribution in [3.8, 4) is 6.07 Å². The van der Waals surface area contributed by atoms with Crippen LogP contribution in [-0.2, 0) is 0 Å². The summed E-state index contributed by atoms with van der Waals surface area (Å²) in [5.74, 6) is -0.391. The van der Waals surface area contributed by atoms with Crippen LogP contribution in [0.2, 0.25) is 0 Å². The van der Waals surface area contributed by atoms with Crippen LogP contribution in [0.4, 0.5) is 14.5 Å². The lowest BCUT2D eigenvalue weighted by Gasteiger charge is -2.08. The molecule has 1 aromatic carbocycles. The number of hydrogen-bond donors (Lipinski definition) is 1. The van der Waals surface area contributed by atoms with Gasteiger partial charge in [-0.1, -0.05) is 0 Å². The molecule has 1 N–H and O–H groups in total. The number of anilines is 1. The van der Waals surface area contributed by atoms with E-state index in [0.717, 1.165) is 30.7 Å². The van der Waals surface area contributed by atoms with Crippen LogP contribution in [0.5, 0.6) is 0 Å². The molecule has 1 aromatic rings. The highest BCUT2D eigenvalue weighted by Gasteiger charge is 2.10. The third kappa shape index (κ3) is 4.23. The van der Waals surface area contributed by atoms with Crippen LogP contribution in [0.1, 0.15) is 18.4 Å². The minimum atomic E-state index is -0.716. The predicted molar refractivity (Wildman–Crippen MR) is 67.2 cm³/mol. The lowest BCUT2D eigenvalue weighted by atomic mass is 10.2. The first-order valence-electron chi connectivity index (χ1n) is 5.31. The molecular formula is C12H14F2N2S. The Morgan fingerprint density at radius 3 is 2.47 bits per heavy atom. The summed E-state index contributed by atoms with van der Waals surface area (Å²) in [7, 11) is 0. The minimum Gasteiger partial charge on any atom is -0.380 e. The van der Waals surface area contributed by atoms with Crippen molar-refractivity contribution in [2.75, 3.05) is 23.9 Å². The Morgan fingerprint density at radius 2 is 1.94 bits per heavy atom. The molecule has 0 aliphatic heterocycles. The molecule has 0 bridgehead atoms. The van der Waals surface area contributed by atoms with Gasteiger partial charge < -0.3 is 5.32 Å². The van der Waals surface area contributed by atoms with Gasteiger partial charge in [-0.2, -0.15) is 17.0 Å². The second-order valence-electron chi connectivity index (χ2n) is 3.55. The molecule has 2 nitrogen and oxygen atoms in total. The summed E-state index contributed by atoms with van der Waals surface area (Å²) in [6.45, 7) is 0.528. The monoisotopic (exact) mass is 256 g/mol. The largest absolute Gasteiger partial charge is 0.380 e. The number of halogens is 2. The number of nitrogens with one attached hydrogen (secondary N) is 1. The van der Waals surface area contributed by atoms with Gasteiger partial charge in [-0.15, -0.1) is 0 Å². The summed E-state index contributed by atoms with van der Waals surface area (Å²) < 4.78 is 26.8. The zero-order valence-corrected chi connectivity index (χ0v) is 10.4. The molecule has 17 heavy (non-hydrogen) atoms. The summed E-state index contributed by atoms with van der Waals surface area (Å²) in [6, 6.07) is 3.78. The number of thioether (sulfide) groups is 1. The molecule has 0 fully saturated rings. The first-order chi connectivity index (χ1) is 8.19. The van der Waals surface area contributed by atoms with Crippen molar-refractivity contribution in [1.82, 2.24) is 0 Å². The molecule has 0 aliphatic rings. The van der Waals surface area contributed by atoms with E-state index < -0.39 is 11.6 Å². The smallest absolute Gasteiger partial charge is 0.150 e. The number of nitriles is 1. The average molecular weight is 256 g/mol. The third-order valence-corrected chi connectivity index (χ3v) is 2.95. The van der Waals surface area contributed by atoms with E-state index in [1.54, 1.807) is 17.8 Å². The standard InChI is InChI=1S/C12H14F2N2S/c1-17-5-3-2-4-16-12-10(13)6-9(8-15)7-11(12)14/h6-7,16H,2-5H2,1H3. The van der Waals surface area contributed by atoms with E-state index in [-0.39, 0.29) is 11.3 Å². The Morgan fingerprint density at radius 1 is 1.29 bits per heavy atom. The van der Waals surface area contributed by atoms with Crippen LogP contribution < -0.4 is 5.32 Å². The van der Waals surface area contributed by atoms with Gasteiger partial charge in [0.25, 0.3) is 0 Å². The normalized spacial score (nSPS) is 10.0. The second-order valence-corrected chi connectivity index (χ2v) is 4.54. The van der Waals surface area contributed by atoms with Crippen LogP contribution in [-0.4, -0.2) is 18.6 Å². The lowest BCUT2D eigenvalue weighted by Crippen LogP contribution is -2.06. The molecule has 0 atom stereocenters. The lowest BCUT2D eigenvalue weighted by molar-refractivity contribution is 0.586. The molecule has 0 saturated carbocycles. The van der Waals surface area contributed by atoms with Crippen molar-refractivity contribution in [3.05, 3.63) is 29.3 Å². The summed E-state index contributed by atoms with van der Waals surface area (Å²) in [5, 5.41) is 11.3. The molecule has 0 unspecified atom stereocenters. The van der Waals surface area contributed by atoms with E-state index in [2.05, 4.69) is 5.32 Å². The molecule has 1 rings (SSSR count). The van der Waals surface area contributed by atoms with Gasteiger partial charge in [-0.05, 0) is 37.0 Å². The van der Waals surface area contributed by atoms with Gasteiger partial charge in [0.1, 0.15) is 5.69 Å². The van der Waals surface area contributed by atoms with E-state index in [9.17, 15) is 8.78 Å². The topological polar surface area (TPSA) is 35.8 Å². The maximum atomic E-state index is 13.4.